The third kappa shape index (κ3) is 3.85. The summed E-state index contributed by atoms with van der Waals surface area (Å²) >= 11 is 1.54. The molecule has 0 unspecified atom stereocenters. The molecule has 2 heterocycles. The minimum absolute atomic E-state index is 0.368. The van der Waals surface area contributed by atoms with E-state index in [4.69, 9.17) is 15.2 Å². The van der Waals surface area contributed by atoms with Gasteiger partial charge in [0.25, 0.3) is 0 Å². The van der Waals surface area contributed by atoms with Crippen molar-refractivity contribution in [2.45, 2.75) is 6.92 Å². The third-order valence-electron chi connectivity index (χ3n) is 4.31. The lowest BCUT2D eigenvalue weighted by Gasteiger charge is -2.14. The molecule has 0 aliphatic heterocycles. The number of benzene rings is 2. The summed E-state index contributed by atoms with van der Waals surface area (Å²) in [7, 11) is 3.20. The van der Waals surface area contributed by atoms with Crippen molar-refractivity contribution >= 4 is 49.7 Å². The number of ether oxygens (including phenoxy) is 2. The maximum atomic E-state index is 6.31. The molecule has 148 valence electrons. The van der Waals surface area contributed by atoms with Crippen LogP contribution in [-0.4, -0.2) is 29.2 Å². The second-order valence-electron chi connectivity index (χ2n) is 6.29. The molecule has 4 rings (SSSR count). The van der Waals surface area contributed by atoms with Crippen molar-refractivity contribution in [3.63, 3.8) is 0 Å². The Kier molecular flexibility index (Phi) is 5.05. The summed E-state index contributed by atoms with van der Waals surface area (Å²) in [5.74, 6) is 2.25. The van der Waals surface area contributed by atoms with E-state index >= 15 is 0 Å². The predicted octanol–water partition coefficient (Wildman–Crippen LogP) is 4.48. The standard InChI is InChI=1S/C20H20N6O2S/c1-11-4-6-13-16(8-11)29-20(25-13)26-19-17(21)18(22-10-23-19)24-14-9-12(27-2)5-7-15(14)28-3/h4-10H,21H2,1-3H3,(H2,22,23,24,25,26). The maximum Gasteiger partial charge on any atom is 0.189 e. The zero-order valence-electron chi connectivity index (χ0n) is 16.2. The first-order chi connectivity index (χ1) is 14.1. The number of aromatic nitrogens is 3. The fourth-order valence-corrected chi connectivity index (χ4v) is 3.78. The summed E-state index contributed by atoms with van der Waals surface area (Å²) < 4.78 is 11.8. The first-order valence-electron chi connectivity index (χ1n) is 8.81. The van der Waals surface area contributed by atoms with Gasteiger partial charge in [0.05, 0.1) is 30.1 Å². The number of methoxy groups -OCH3 is 2. The fourth-order valence-electron chi connectivity index (χ4n) is 2.82. The lowest BCUT2D eigenvalue weighted by atomic mass is 10.2. The molecule has 0 atom stereocenters. The largest absolute Gasteiger partial charge is 0.497 e. The smallest absolute Gasteiger partial charge is 0.189 e. The number of aryl methyl sites for hydroxylation is 1. The van der Waals surface area contributed by atoms with Crippen LogP contribution in [0, 0.1) is 6.92 Å². The average molecular weight is 408 g/mol. The highest BCUT2D eigenvalue weighted by molar-refractivity contribution is 7.22. The lowest BCUT2D eigenvalue weighted by Crippen LogP contribution is -2.05. The van der Waals surface area contributed by atoms with E-state index in [1.165, 1.54) is 11.9 Å². The number of thiazole rings is 1. The summed E-state index contributed by atoms with van der Waals surface area (Å²) in [6, 6.07) is 11.6. The van der Waals surface area contributed by atoms with Crippen LogP contribution in [0.5, 0.6) is 11.5 Å². The van der Waals surface area contributed by atoms with Gasteiger partial charge < -0.3 is 25.8 Å². The molecule has 0 amide bonds. The molecule has 2 aromatic heterocycles. The Bertz CT molecular complexity index is 1180. The lowest BCUT2D eigenvalue weighted by molar-refractivity contribution is 0.405. The highest BCUT2D eigenvalue weighted by Crippen LogP contribution is 2.35. The molecule has 4 N–H and O–H groups in total. The molecule has 9 heteroatoms. The van der Waals surface area contributed by atoms with Gasteiger partial charge in [0.15, 0.2) is 16.8 Å². The predicted molar refractivity (Wildman–Crippen MR) is 117 cm³/mol. The first-order valence-corrected chi connectivity index (χ1v) is 9.63. The van der Waals surface area contributed by atoms with Crippen molar-refractivity contribution in [3.05, 3.63) is 48.3 Å². The number of nitrogens with two attached hydrogens (primary N) is 1. The molecular formula is C20H20N6O2S. The SMILES string of the molecule is COc1ccc(OC)c(Nc2ncnc(Nc3nc4ccc(C)cc4s3)c2N)c1. The van der Waals surface area contributed by atoms with Crippen LogP contribution in [0.1, 0.15) is 5.56 Å². The molecule has 0 aliphatic rings. The first kappa shape index (κ1) is 18.8. The number of nitrogen functional groups attached to an aromatic ring is 1. The third-order valence-corrected chi connectivity index (χ3v) is 5.25. The minimum Gasteiger partial charge on any atom is -0.497 e. The molecule has 0 spiro atoms. The average Bonchev–Trinajstić information content (AvgIpc) is 3.12. The van der Waals surface area contributed by atoms with E-state index in [1.54, 1.807) is 31.6 Å². The molecule has 0 aliphatic carbocycles. The zero-order valence-corrected chi connectivity index (χ0v) is 17.0. The Balaban J connectivity index is 1.63. The van der Waals surface area contributed by atoms with Crippen LogP contribution in [0.15, 0.2) is 42.7 Å². The number of nitrogens with zero attached hydrogens (tertiary/aromatic N) is 3. The topological polar surface area (TPSA) is 107 Å². The Morgan fingerprint density at radius 1 is 0.966 bits per heavy atom. The van der Waals surface area contributed by atoms with Crippen LogP contribution in [0.3, 0.4) is 0 Å². The van der Waals surface area contributed by atoms with Crippen molar-refractivity contribution < 1.29 is 9.47 Å². The molecule has 0 fully saturated rings. The Morgan fingerprint density at radius 3 is 2.52 bits per heavy atom. The number of fused-ring (bicyclic) bond motifs is 1. The summed E-state index contributed by atoms with van der Waals surface area (Å²) in [5, 5.41) is 7.09. The van der Waals surface area contributed by atoms with Crippen molar-refractivity contribution in [3.8, 4) is 11.5 Å². The molecule has 29 heavy (non-hydrogen) atoms. The van der Waals surface area contributed by atoms with Crippen LogP contribution < -0.4 is 25.8 Å². The van der Waals surface area contributed by atoms with Gasteiger partial charge in [-0.25, -0.2) is 15.0 Å². The van der Waals surface area contributed by atoms with E-state index in [0.29, 0.717) is 39.6 Å². The van der Waals surface area contributed by atoms with E-state index in [1.807, 2.05) is 24.3 Å². The number of anilines is 5. The van der Waals surface area contributed by atoms with E-state index in [-0.39, 0.29) is 0 Å². The van der Waals surface area contributed by atoms with E-state index < -0.39 is 0 Å². The van der Waals surface area contributed by atoms with Gasteiger partial charge in [-0.1, -0.05) is 17.4 Å². The number of nitrogens with one attached hydrogen (secondary N) is 2. The van der Waals surface area contributed by atoms with Crippen molar-refractivity contribution in [2.24, 2.45) is 0 Å². The van der Waals surface area contributed by atoms with Gasteiger partial charge >= 0.3 is 0 Å². The molecule has 0 bridgehead atoms. The van der Waals surface area contributed by atoms with Crippen LogP contribution in [0.4, 0.5) is 28.1 Å². The van der Waals surface area contributed by atoms with Gasteiger partial charge in [0.1, 0.15) is 23.5 Å². The van der Waals surface area contributed by atoms with Crippen molar-refractivity contribution in [1.82, 2.24) is 15.0 Å². The second kappa shape index (κ2) is 7.80. The van der Waals surface area contributed by atoms with E-state index in [9.17, 15) is 0 Å². The molecule has 0 saturated heterocycles. The fraction of sp³-hybridized carbons (Fsp3) is 0.150. The molecule has 0 saturated carbocycles. The number of hydrogen-bond donors (Lipinski definition) is 3. The van der Waals surface area contributed by atoms with E-state index in [0.717, 1.165) is 10.2 Å². The summed E-state index contributed by atoms with van der Waals surface area (Å²) in [5.41, 5.74) is 9.48. The minimum atomic E-state index is 0.368. The molecule has 8 nitrogen and oxygen atoms in total. The van der Waals surface area contributed by atoms with Crippen LogP contribution >= 0.6 is 11.3 Å². The molecule has 4 aromatic rings. The molecule has 0 radical (unpaired) electrons. The monoisotopic (exact) mass is 408 g/mol. The molecule has 2 aromatic carbocycles. The van der Waals surface area contributed by atoms with Gasteiger partial charge in [0.2, 0.25) is 0 Å². The Morgan fingerprint density at radius 2 is 1.76 bits per heavy atom. The van der Waals surface area contributed by atoms with Crippen molar-refractivity contribution in [2.75, 3.05) is 30.6 Å². The Hall–Kier alpha value is -3.59. The van der Waals surface area contributed by atoms with Gasteiger partial charge in [-0.15, -0.1) is 0 Å². The molecular weight excluding hydrogens is 388 g/mol. The summed E-state index contributed by atoms with van der Waals surface area (Å²) in [6.07, 6.45) is 1.44. The highest BCUT2D eigenvalue weighted by Gasteiger charge is 2.13. The second-order valence-corrected chi connectivity index (χ2v) is 7.32. The Labute approximate surface area is 171 Å². The normalized spacial score (nSPS) is 10.7. The zero-order chi connectivity index (χ0) is 20.4. The highest BCUT2D eigenvalue weighted by atomic mass is 32.1. The van der Waals surface area contributed by atoms with Crippen LogP contribution in [-0.2, 0) is 0 Å². The van der Waals surface area contributed by atoms with Crippen LogP contribution in [0.2, 0.25) is 0 Å². The summed E-state index contributed by atoms with van der Waals surface area (Å²) in [6.45, 7) is 2.06. The quantitative estimate of drug-likeness (QED) is 0.429. The van der Waals surface area contributed by atoms with Gasteiger partial charge in [-0.3, -0.25) is 0 Å². The van der Waals surface area contributed by atoms with E-state index in [2.05, 4.69) is 38.6 Å². The number of hydrogen-bond acceptors (Lipinski definition) is 9. The number of rotatable bonds is 6. The van der Waals surface area contributed by atoms with Crippen molar-refractivity contribution in [1.29, 1.82) is 0 Å². The van der Waals surface area contributed by atoms with Crippen LogP contribution in [0.25, 0.3) is 10.2 Å². The van der Waals surface area contributed by atoms with Gasteiger partial charge in [0, 0.05) is 6.07 Å². The van der Waals surface area contributed by atoms with Gasteiger partial charge in [-0.2, -0.15) is 0 Å². The maximum absolute atomic E-state index is 6.31. The van der Waals surface area contributed by atoms with Gasteiger partial charge in [-0.05, 0) is 36.8 Å². The summed E-state index contributed by atoms with van der Waals surface area (Å²) in [4.78, 5) is 13.1.